The molecule has 1 fully saturated rings. The third-order valence-electron chi connectivity index (χ3n) is 4.64. The van der Waals surface area contributed by atoms with Crippen LogP contribution in [0.15, 0.2) is 41.8 Å². The fourth-order valence-corrected chi connectivity index (χ4v) is 5.70. The zero-order valence-electron chi connectivity index (χ0n) is 15.4. The second-order valence-corrected chi connectivity index (χ2v) is 10.4. The van der Waals surface area contributed by atoms with Gasteiger partial charge < -0.3 is 5.32 Å². The maximum atomic E-state index is 13.2. The van der Waals surface area contributed by atoms with Gasteiger partial charge in [0.25, 0.3) is 0 Å². The van der Waals surface area contributed by atoms with E-state index in [0.29, 0.717) is 28.2 Å². The Balaban J connectivity index is 1.52. The summed E-state index contributed by atoms with van der Waals surface area (Å²) in [6.45, 7) is 1.74. The first-order chi connectivity index (χ1) is 13.8. The Morgan fingerprint density at radius 3 is 2.76 bits per heavy atom. The van der Waals surface area contributed by atoms with Crippen molar-refractivity contribution < 1.29 is 17.6 Å². The normalized spacial score (nSPS) is 19.3. The van der Waals surface area contributed by atoms with Gasteiger partial charge in [-0.3, -0.25) is 4.79 Å². The molecule has 29 heavy (non-hydrogen) atoms. The van der Waals surface area contributed by atoms with Gasteiger partial charge in [0.2, 0.25) is 5.91 Å². The van der Waals surface area contributed by atoms with Crippen LogP contribution in [-0.4, -0.2) is 56.9 Å². The van der Waals surface area contributed by atoms with E-state index < -0.39 is 15.1 Å². The lowest BCUT2D eigenvalue weighted by Crippen LogP contribution is -2.39. The number of carbonyl (C=O) groups is 1. The molecule has 2 aromatic heterocycles. The van der Waals surface area contributed by atoms with E-state index in [1.165, 1.54) is 30.2 Å². The van der Waals surface area contributed by atoms with Crippen LogP contribution in [0, 0.1) is 5.82 Å². The van der Waals surface area contributed by atoms with E-state index in [-0.39, 0.29) is 29.3 Å². The lowest BCUT2D eigenvalue weighted by Gasteiger charge is -2.15. The summed E-state index contributed by atoms with van der Waals surface area (Å²) < 4.78 is 37.9. The first-order valence-electron chi connectivity index (χ1n) is 8.94. The summed E-state index contributed by atoms with van der Waals surface area (Å²) in [5.74, 6) is -0.492. The molecule has 0 unspecified atom stereocenters. The summed E-state index contributed by atoms with van der Waals surface area (Å²) in [5, 5.41) is 7.90. The van der Waals surface area contributed by atoms with E-state index in [2.05, 4.69) is 20.4 Å². The van der Waals surface area contributed by atoms with Crippen molar-refractivity contribution >= 4 is 38.5 Å². The summed E-state index contributed by atoms with van der Waals surface area (Å²) in [4.78, 5) is 21.0. The number of sulfone groups is 1. The fraction of sp³-hybridized carbons (Fsp3) is 0.333. The van der Waals surface area contributed by atoms with Crippen LogP contribution >= 0.6 is 11.8 Å². The largest absolute Gasteiger partial charge is 0.351 e. The van der Waals surface area contributed by atoms with Gasteiger partial charge in [0.05, 0.1) is 34.0 Å². The Kier molecular flexibility index (Phi) is 5.26. The summed E-state index contributed by atoms with van der Waals surface area (Å²) in [7, 11) is -3.06. The van der Waals surface area contributed by atoms with Gasteiger partial charge in [-0.1, -0.05) is 11.8 Å². The van der Waals surface area contributed by atoms with Crippen LogP contribution in [0.3, 0.4) is 0 Å². The van der Waals surface area contributed by atoms with E-state index in [1.807, 2.05) is 0 Å². The van der Waals surface area contributed by atoms with Crippen molar-refractivity contribution in [2.75, 3.05) is 11.5 Å². The number of carbonyl (C=O) groups excluding carboxylic acids is 1. The maximum Gasteiger partial charge on any atom is 0.233 e. The molecule has 1 aromatic carbocycles. The summed E-state index contributed by atoms with van der Waals surface area (Å²) in [6.07, 6.45) is 3.43. The molecule has 1 N–H and O–H groups in total. The smallest absolute Gasteiger partial charge is 0.233 e. The average Bonchev–Trinajstić information content (AvgIpc) is 3.26. The summed E-state index contributed by atoms with van der Waals surface area (Å²) in [6, 6.07) is 5.54. The summed E-state index contributed by atoms with van der Waals surface area (Å²) in [5.41, 5.74) is 1.20. The number of benzene rings is 1. The predicted octanol–water partition coefficient (Wildman–Crippen LogP) is 1.74. The van der Waals surface area contributed by atoms with Crippen molar-refractivity contribution in [2.24, 2.45) is 0 Å². The SMILES string of the molecule is C[C@H](Sc1ncnc2c1cnn2-c1ccc(F)cc1)C(=O)N[C@H]1CCS(=O)(=O)C1. The van der Waals surface area contributed by atoms with Crippen molar-refractivity contribution in [3.63, 3.8) is 0 Å². The Bertz CT molecular complexity index is 1160. The van der Waals surface area contributed by atoms with E-state index >= 15 is 0 Å². The molecule has 0 radical (unpaired) electrons. The first-order valence-corrected chi connectivity index (χ1v) is 11.6. The molecule has 11 heteroatoms. The molecular weight excluding hydrogens is 417 g/mol. The second-order valence-electron chi connectivity index (χ2n) is 6.82. The zero-order valence-corrected chi connectivity index (χ0v) is 17.1. The van der Waals surface area contributed by atoms with Crippen LogP contribution in [0.5, 0.6) is 0 Å². The number of hydrogen-bond donors (Lipinski definition) is 1. The van der Waals surface area contributed by atoms with Crippen LogP contribution < -0.4 is 5.32 Å². The number of aromatic nitrogens is 4. The van der Waals surface area contributed by atoms with E-state index in [1.54, 1.807) is 29.9 Å². The number of nitrogens with one attached hydrogen (secondary N) is 1. The molecule has 8 nitrogen and oxygen atoms in total. The molecule has 1 aliphatic rings. The molecule has 1 aliphatic heterocycles. The Hall–Kier alpha value is -2.53. The quantitative estimate of drug-likeness (QED) is 0.480. The van der Waals surface area contributed by atoms with E-state index in [9.17, 15) is 17.6 Å². The Morgan fingerprint density at radius 1 is 1.31 bits per heavy atom. The molecule has 3 aromatic rings. The molecular formula is C18H18FN5O3S2. The van der Waals surface area contributed by atoms with Crippen LogP contribution in [0.4, 0.5) is 4.39 Å². The van der Waals surface area contributed by atoms with Crippen molar-refractivity contribution in [2.45, 2.75) is 29.7 Å². The number of amides is 1. The third kappa shape index (κ3) is 4.25. The fourth-order valence-electron chi connectivity index (χ4n) is 3.14. The molecule has 0 spiro atoms. The minimum Gasteiger partial charge on any atom is -0.351 e. The lowest BCUT2D eigenvalue weighted by molar-refractivity contribution is -0.120. The standard InChI is InChI=1S/C18H18FN5O3S2/c1-11(17(25)23-13-6-7-29(26,27)9-13)28-18-15-8-22-24(16(15)20-10-21-18)14-4-2-12(19)3-5-14/h2-5,8,10-11,13H,6-7,9H2,1H3,(H,23,25)/t11-,13-/m0/s1. The zero-order chi connectivity index (χ0) is 20.6. The van der Waals surface area contributed by atoms with Gasteiger partial charge in [0.15, 0.2) is 15.5 Å². The van der Waals surface area contributed by atoms with Crippen LogP contribution in [-0.2, 0) is 14.6 Å². The topological polar surface area (TPSA) is 107 Å². The number of halogens is 1. The first kappa shape index (κ1) is 19.8. The number of hydrogen-bond acceptors (Lipinski definition) is 7. The van der Waals surface area contributed by atoms with Crippen molar-refractivity contribution in [3.05, 3.63) is 42.6 Å². The third-order valence-corrected chi connectivity index (χ3v) is 7.52. The molecule has 4 rings (SSSR count). The van der Waals surface area contributed by atoms with Gasteiger partial charge >= 0.3 is 0 Å². The number of thioether (sulfide) groups is 1. The lowest BCUT2D eigenvalue weighted by atomic mass is 10.2. The Labute approximate surface area is 170 Å². The van der Waals surface area contributed by atoms with Gasteiger partial charge in [-0.2, -0.15) is 5.10 Å². The molecule has 1 amide bonds. The minimum absolute atomic E-state index is 0.0156. The highest BCUT2D eigenvalue weighted by molar-refractivity contribution is 8.00. The van der Waals surface area contributed by atoms with Crippen molar-refractivity contribution in [1.29, 1.82) is 0 Å². The highest BCUT2D eigenvalue weighted by Crippen LogP contribution is 2.29. The van der Waals surface area contributed by atoms with E-state index in [0.717, 1.165) is 0 Å². The average molecular weight is 436 g/mol. The number of fused-ring (bicyclic) bond motifs is 1. The van der Waals surface area contributed by atoms with Crippen molar-refractivity contribution in [3.8, 4) is 5.69 Å². The molecule has 0 aliphatic carbocycles. The van der Waals surface area contributed by atoms with Crippen LogP contribution in [0.25, 0.3) is 16.7 Å². The minimum atomic E-state index is -3.06. The van der Waals surface area contributed by atoms with Gasteiger partial charge in [-0.25, -0.2) is 27.5 Å². The second kappa shape index (κ2) is 7.71. The molecule has 3 heterocycles. The highest BCUT2D eigenvalue weighted by atomic mass is 32.2. The van der Waals surface area contributed by atoms with Gasteiger partial charge in [-0.05, 0) is 37.6 Å². The highest BCUT2D eigenvalue weighted by Gasteiger charge is 2.30. The predicted molar refractivity (Wildman–Crippen MR) is 107 cm³/mol. The van der Waals surface area contributed by atoms with Gasteiger partial charge in [0, 0.05) is 6.04 Å². The summed E-state index contributed by atoms with van der Waals surface area (Å²) >= 11 is 1.25. The maximum absolute atomic E-state index is 13.2. The monoisotopic (exact) mass is 435 g/mol. The van der Waals surface area contributed by atoms with E-state index in [4.69, 9.17) is 0 Å². The van der Waals surface area contributed by atoms with Crippen LogP contribution in [0.2, 0.25) is 0 Å². The van der Waals surface area contributed by atoms with Gasteiger partial charge in [-0.15, -0.1) is 0 Å². The van der Waals surface area contributed by atoms with Crippen LogP contribution in [0.1, 0.15) is 13.3 Å². The number of rotatable bonds is 5. The van der Waals surface area contributed by atoms with Crippen molar-refractivity contribution in [1.82, 2.24) is 25.1 Å². The molecule has 2 atom stereocenters. The Morgan fingerprint density at radius 2 is 2.07 bits per heavy atom. The molecule has 152 valence electrons. The molecule has 0 bridgehead atoms. The molecule has 1 saturated heterocycles. The van der Waals surface area contributed by atoms with Gasteiger partial charge in [0.1, 0.15) is 17.2 Å². The number of nitrogens with zero attached hydrogens (tertiary/aromatic N) is 4. The molecule has 0 saturated carbocycles.